The Morgan fingerprint density at radius 3 is 2.46 bits per heavy atom. The van der Waals surface area contributed by atoms with Crippen LogP contribution in [0.3, 0.4) is 0 Å². The molecular weight excluding hydrogens is 376 g/mol. The van der Waals surface area contributed by atoms with E-state index in [1.807, 2.05) is 24.3 Å². The highest BCUT2D eigenvalue weighted by Gasteiger charge is 2.06. The molecule has 2 aromatic carbocycles. The number of anilines is 1. The molecule has 2 aromatic rings. The highest BCUT2D eigenvalue weighted by Crippen LogP contribution is 2.23. The van der Waals surface area contributed by atoms with Crippen LogP contribution >= 0.6 is 15.9 Å². The van der Waals surface area contributed by atoms with Crippen molar-refractivity contribution in [1.29, 1.82) is 0 Å². The van der Waals surface area contributed by atoms with Crippen LogP contribution < -0.4 is 15.4 Å². The molecule has 0 unspecified atom stereocenters. The van der Waals surface area contributed by atoms with Gasteiger partial charge in [0.25, 0.3) is 0 Å². The van der Waals surface area contributed by atoms with E-state index in [1.165, 1.54) is 7.11 Å². The number of benzene rings is 2. The second kappa shape index (κ2) is 8.93. The van der Waals surface area contributed by atoms with Gasteiger partial charge in [-0.3, -0.25) is 0 Å². The third kappa shape index (κ3) is 5.27. The number of carbonyl (C=O) groups is 2. The van der Waals surface area contributed by atoms with Crippen LogP contribution in [-0.4, -0.2) is 32.3 Å². The van der Waals surface area contributed by atoms with E-state index in [2.05, 4.69) is 31.3 Å². The molecule has 2 amide bonds. The number of esters is 1. The van der Waals surface area contributed by atoms with Crippen molar-refractivity contribution in [3.8, 4) is 5.75 Å². The van der Waals surface area contributed by atoms with Gasteiger partial charge in [0.2, 0.25) is 0 Å². The number of methoxy groups -OCH3 is 1. The first-order valence-corrected chi connectivity index (χ1v) is 8.00. The summed E-state index contributed by atoms with van der Waals surface area (Å²) in [6.07, 6.45) is 0. The zero-order valence-corrected chi connectivity index (χ0v) is 14.6. The first kappa shape index (κ1) is 17.8. The topological polar surface area (TPSA) is 76.7 Å². The summed E-state index contributed by atoms with van der Waals surface area (Å²) in [7, 11) is 1.32. The molecule has 2 rings (SSSR count). The summed E-state index contributed by atoms with van der Waals surface area (Å²) in [5, 5.41) is 5.36. The number of nitrogens with one attached hydrogen (secondary N) is 2. The van der Waals surface area contributed by atoms with E-state index in [9.17, 15) is 9.59 Å². The Morgan fingerprint density at radius 1 is 1.08 bits per heavy atom. The quantitative estimate of drug-likeness (QED) is 0.583. The number of rotatable bonds is 6. The minimum Gasteiger partial charge on any atom is -0.491 e. The molecule has 7 heteroatoms. The maximum atomic E-state index is 11.8. The van der Waals surface area contributed by atoms with E-state index in [0.717, 1.165) is 10.2 Å². The molecule has 0 radical (unpaired) electrons. The number of halogens is 1. The lowest BCUT2D eigenvalue weighted by atomic mass is 10.2. The summed E-state index contributed by atoms with van der Waals surface area (Å²) in [6, 6.07) is 13.6. The van der Waals surface area contributed by atoms with Crippen LogP contribution in [0.1, 0.15) is 10.4 Å². The third-order valence-corrected chi connectivity index (χ3v) is 3.70. The SMILES string of the molecule is COC(=O)c1ccc(NC(=O)NCCOc2ccccc2Br)cc1. The van der Waals surface area contributed by atoms with Crippen LogP contribution in [-0.2, 0) is 4.74 Å². The van der Waals surface area contributed by atoms with E-state index in [0.29, 0.717) is 24.4 Å². The number of hydrogen-bond donors (Lipinski definition) is 2. The summed E-state index contributed by atoms with van der Waals surface area (Å²) in [5.74, 6) is 0.299. The fourth-order valence-corrected chi connectivity index (χ4v) is 2.27. The molecule has 0 heterocycles. The molecular formula is C17H17BrN2O4. The average molecular weight is 393 g/mol. The molecule has 0 aliphatic rings. The zero-order chi connectivity index (χ0) is 17.4. The Balaban J connectivity index is 1.73. The van der Waals surface area contributed by atoms with E-state index in [-0.39, 0.29) is 6.03 Å². The molecule has 0 saturated carbocycles. The minimum atomic E-state index is -0.421. The van der Waals surface area contributed by atoms with Crippen LogP contribution in [0.2, 0.25) is 0 Å². The van der Waals surface area contributed by atoms with Crippen LogP contribution in [0.4, 0.5) is 10.5 Å². The highest BCUT2D eigenvalue weighted by molar-refractivity contribution is 9.10. The third-order valence-electron chi connectivity index (χ3n) is 3.05. The van der Waals surface area contributed by atoms with Gasteiger partial charge in [0.05, 0.1) is 23.7 Å². The molecule has 0 spiro atoms. The van der Waals surface area contributed by atoms with Gasteiger partial charge in [-0.1, -0.05) is 12.1 Å². The smallest absolute Gasteiger partial charge is 0.337 e. The van der Waals surface area contributed by atoms with Gasteiger partial charge in [-0.25, -0.2) is 9.59 Å². The molecule has 0 aliphatic heterocycles. The largest absolute Gasteiger partial charge is 0.491 e. The van der Waals surface area contributed by atoms with Gasteiger partial charge >= 0.3 is 12.0 Å². The fraction of sp³-hybridized carbons (Fsp3) is 0.176. The molecule has 6 nitrogen and oxygen atoms in total. The number of hydrogen-bond acceptors (Lipinski definition) is 4. The van der Waals surface area contributed by atoms with Crippen molar-refractivity contribution in [2.24, 2.45) is 0 Å². The Kier molecular flexibility index (Phi) is 6.62. The first-order chi connectivity index (χ1) is 11.6. The molecule has 0 saturated heterocycles. The Hall–Kier alpha value is -2.54. The van der Waals surface area contributed by atoms with Gasteiger partial charge in [-0.05, 0) is 52.3 Å². The molecule has 24 heavy (non-hydrogen) atoms. The molecule has 0 aromatic heterocycles. The van der Waals surface area contributed by atoms with E-state index < -0.39 is 5.97 Å². The van der Waals surface area contributed by atoms with Crippen LogP contribution in [0, 0.1) is 0 Å². The van der Waals surface area contributed by atoms with Crippen LogP contribution in [0.5, 0.6) is 5.75 Å². The number of ether oxygens (including phenoxy) is 2. The Morgan fingerprint density at radius 2 is 1.79 bits per heavy atom. The predicted octanol–water partition coefficient (Wildman–Crippen LogP) is 3.44. The molecule has 126 valence electrons. The minimum absolute atomic E-state index is 0.345. The number of carbonyl (C=O) groups excluding carboxylic acids is 2. The summed E-state index contributed by atoms with van der Waals surface area (Å²) in [5.41, 5.74) is 0.997. The predicted molar refractivity (Wildman–Crippen MR) is 94.4 cm³/mol. The molecule has 0 fully saturated rings. The van der Waals surface area contributed by atoms with Gasteiger partial charge in [0, 0.05) is 5.69 Å². The van der Waals surface area contributed by atoms with Gasteiger partial charge in [-0.15, -0.1) is 0 Å². The van der Waals surface area contributed by atoms with E-state index in [4.69, 9.17) is 4.74 Å². The lowest BCUT2D eigenvalue weighted by Crippen LogP contribution is -2.32. The second-order valence-corrected chi connectivity index (χ2v) is 5.58. The van der Waals surface area contributed by atoms with Crippen molar-refractivity contribution in [1.82, 2.24) is 5.32 Å². The number of urea groups is 1. The van der Waals surface area contributed by atoms with Crippen molar-refractivity contribution in [3.63, 3.8) is 0 Å². The van der Waals surface area contributed by atoms with Gasteiger partial charge < -0.3 is 20.1 Å². The number of para-hydroxylation sites is 1. The average Bonchev–Trinajstić information content (AvgIpc) is 2.60. The lowest BCUT2D eigenvalue weighted by Gasteiger charge is -2.10. The monoisotopic (exact) mass is 392 g/mol. The lowest BCUT2D eigenvalue weighted by molar-refractivity contribution is 0.0601. The Bertz CT molecular complexity index is 704. The van der Waals surface area contributed by atoms with E-state index in [1.54, 1.807) is 24.3 Å². The molecule has 2 N–H and O–H groups in total. The summed E-state index contributed by atoms with van der Waals surface area (Å²) < 4.78 is 11.0. The van der Waals surface area contributed by atoms with Crippen molar-refractivity contribution in [2.75, 3.05) is 25.6 Å². The fourth-order valence-electron chi connectivity index (χ4n) is 1.87. The second-order valence-electron chi connectivity index (χ2n) is 4.73. The summed E-state index contributed by atoms with van der Waals surface area (Å²) in [4.78, 5) is 23.1. The Labute approximate surface area is 148 Å². The maximum Gasteiger partial charge on any atom is 0.337 e. The van der Waals surface area contributed by atoms with Crippen LogP contribution in [0.25, 0.3) is 0 Å². The zero-order valence-electron chi connectivity index (χ0n) is 13.0. The van der Waals surface area contributed by atoms with Gasteiger partial charge in [0.15, 0.2) is 0 Å². The summed E-state index contributed by atoms with van der Waals surface area (Å²) >= 11 is 3.39. The molecule has 0 atom stereocenters. The van der Waals surface area contributed by atoms with Crippen molar-refractivity contribution in [3.05, 3.63) is 58.6 Å². The van der Waals surface area contributed by atoms with Gasteiger partial charge in [0.1, 0.15) is 12.4 Å². The van der Waals surface area contributed by atoms with Crippen molar-refractivity contribution >= 4 is 33.6 Å². The summed E-state index contributed by atoms with van der Waals surface area (Å²) in [6.45, 7) is 0.699. The molecule has 0 aliphatic carbocycles. The standard InChI is InChI=1S/C17H17BrN2O4/c1-23-16(21)12-6-8-13(9-7-12)20-17(22)19-10-11-24-15-5-3-2-4-14(15)18/h2-9H,10-11H2,1H3,(H2,19,20,22). The van der Waals surface area contributed by atoms with Crippen molar-refractivity contribution in [2.45, 2.75) is 0 Å². The van der Waals surface area contributed by atoms with E-state index >= 15 is 0 Å². The van der Waals surface area contributed by atoms with Crippen LogP contribution in [0.15, 0.2) is 53.0 Å². The normalized spacial score (nSPS) is 9.92. The maximum absolute atomic E-state index is 11.8. The first-order valence-electron chi connectivity index (χ1n) is 7.20. The molecule has 0 bridgehead atoms. The van der Waals surface area contributed by atoms with Gasteiger partial charge in [-0.2, -0.15) is 0 Å². The highest BCUT2D eigenvalue weighted by atomic mass is 79.9. The number of amides is 2. The van der Waals surface area contributed by atoms with Crippen molar-refractivity contribution < 1.29 is 19.1 Å².